The van der Waals surface area contributed by atoms with Gasteiger partial charge in [-0.3, -0.25) is 4.79 Å². The van der Waals surface area contributed by atoms with E-state index in [4.69, 9.17) is 4.74 Å². The van der Waals surface area contributed by atoms with Crippen LogP contribution >= 0.6 is 0 Å². The molecule has 4 fully saturated rings. The molecule has 0 spiro atoms. The second kappa shape index (κ2) is 5.44. The smallest absolute Gasteiger partial charge is 0.313 e. The van der Waals surface area contributed by atoms with Crippen molar-refractivity contribution in [1.82, 2.24) is 0 Å². The van der Waals surface area contributed by atoms with Crippen molar-refractivity contribution in [3.63, 3.8) is 0 Å². The van der Waals surface area contributed by atoms with Gasteiger partial charge in [0.25, 0.3) is 0 Å². The molecule has 4 bridgehead atoms. The highest BCUT2D eigenvalue weighted by molar-refractivity contribution is 5.76. The average Bonchev–Trinajstić information content (AvgIpc) is 2.97. The summed E-state index contributed by atoms with van der Waals surface area (Å²) < 4.78 is 6.21. The van der Waals surface area contributed by atoms with Crippen LogP contribution in [-0.4, -0.2) is 16.7 Å². The van der Waals surface area contributed by atoms with Crippen LogP contribution in [0.1, 0.15) is 50.5 Å². The second-order valence-electron chi connectivity index (χ2n) is 8.90. The lowest BCUT2D eigenvalue weighted by Crippen LogP contribution is -2.54. The van der Waals surface area contributed by atoms with Crippen LogP contribution in [0.3, 0.4) is 0 Å². The number of hydrogen-bond donors (Lipinski definition) is 1. The summed E-state index contributed by atoms with van der Waals surface area (Å²) in [5.41, 5.74) is -0.705. The fourth-order valence-corrected chi connectivity index (χ4v) is 6.40. The van der Waals surface area contributed by atoms with Crippen molar-refractivity contribution in [2.24, 2.45) is 23.7 Å². The maximum Gasteiger partial charge on any atom is 0.313 e. The highest BCUT2D eigenvalue weighted by atomic mass is 16.6. The Kier molecular flexibility index (Phi) is 3.40. The van der Waals surface area contributed by atoms with E-state index in [-0.39, 0.29) is 11.6 Å². The first-order valence-corrected chi connectivity index (χ1v) is 9.75. The van der Waals surface area contributed by atoms with Gasteiger partial charge in [-0.05, 0) is 68.3 Å². The maximum atomic E-state index is 13.1. The average molecular weight is 338 g/mol. The molecule has 0 amide bonds. The number of hydrogen-bond acceptors (Lipinski definition) is 3. The molecule has 3 nitrogen and oxygen atoms in total. The van der Waals surface area contributed by atoms with Gasteiger partial charge in [0.2, 0.25) is 0 Å². The lowest BCUT2D eigenvalue weighted by Gasteiger charge is -2.56. The van der Waals surface area contributed by atoms with Crippen LogP contribution in [-0.2, 0) is 15.1 Å². The number of benzene rings is 1. The van der Waals surface area contributed by atoms with Crippen LogP contribution in [0.4, 0.5) is 0 Å². The summed E-state index contributed by atoms with van der Waals surface area (Å²) in [6, 6.07) is 9.51. The molecular weight excluding hydrogens is 312 g/mol. The predicted octanol–water partition coefficient (Wildman–Crippen LogP) is 3.96. The van der Waals surface area contributed by atoms with E-state index in [0.717, 1.165) is 42.6 Å². The minimum atomic E-state index is -1.24. The summed E-state index contributed by atoms with van der Waals surface area (Å²) >= 11 is 0. The van der Waals surface area contributed by atoms with Gasteiger partial charge in [-0.25, -0.2) is 0 Å². The molecule has 5 aliphatic carbocycles. The Morgan fingerprint density at radius 2 is 1.60 bits per heavy atom. The van der Waals surface area contributed by atoms with Gasteiger partial charge < -0.3 is 9.84 Å². The summed E-state index contributed by atoms with van der Waals surface area (Å²) in [6.45, 7) is 0. The molecule has 0 aromatic heterocycles. The first kappa shape index (κ1) is 15.6. The minimum Gasteiger partial charge on any atom is -0.459 e. The van der Waals surface area contributed by atoms with Gasteiger partial charge in [0.15, 0.2) is 0 Å². The van der Waals surface area contributed by atoms with Crippen molar-refractivity contribution < 1.29 is 14.6 Å². The molecule has 0 aliphatic heterocycles. The summed E-state index contributed by atoms with van der Waals surface area (Å²) in [5, 5.41) is 11.2. The number of carbonyl (C=O) groups is 1. The number of esters is 1. The Hall–Kier alpha value is -1.61. The first-order valence-electron chi connectivity index (χ1n) is 9.75. The molecular formula is C22H26O3. The van der Waals surface area contributed by atoms with Crippen molar-refractivity contribution >= 4 is 5.97 Å². The molecule has 4 saturated carbocycles. The van der Waals surface area contributed by atoms with Gasteiger partial charge in [-0.2, -0.15) is 0 Å². The molecule has 0 unspecified atom stereocenters. The number of allylic oxidation sites excluding steroid dienone is 1. The highest BCUT2D eigenvalue weighted by Crippen LogP contribution is 2.57. The summed E-state index contributed by atoms with van der Waals surface area (Å²) in [4.78, 5) is 13.1. The van der Waals surface area contributed by atoms with Crippen molar-refractivity contribution in [3.05, 3.63) is 48.0 Å². The molecule has 0 heterocycles. The lowest BCUT2D eigenvalue weighted by atomic mass is 9.54. The SMILES string of the molecule is O=C(OC12CC3CC(CC(C3)C1)C2)[C@H]1CC=C[C@]1(O)c1ccccc1. The van der Waals surface area contributed by atoms with Crippen molar-refractivity contribution in [2.45, 2.75) is 56.1 Å². The van der Waals surface area contributed by atoms with Crippen LogP contribution < -0.4 is 0 Å². The Bertz CT molecular complexity index is 672. The number of aliphatic hydroxyl groups is 1. The largest absolute Gasteiger partial charge is 0.459 e. The van der Waals surface area contributed by atoms with Gasteiger partial charge in [-0.1, -0.05) is 42.5 Å². The van der Waals surface area contributed by atoms with Crippen molar-refractivity contribution in [1.29, 1.82) is 0 Å². The molecule has 6 rings (SSSR count). The normalized spacial score (nSPS) is 44.2. The van der Waals surface area contributed by atoms with E-state index in [1.165, 1.54) is 19.3 Å². The van der Waals surface area contributed by atoms with Crippen LogP contribution in [0.2, 0.25) is 0 Å². The van der Waals surface area contributed by atoms with E-state index in [1.54, 1.807) is 6.08 Å². The Balaban J connectivity index is 1.38. The monoisotopic (exact) mass is 338 g/mol. The van der Waals surface area contributed by atoms with Gasteiger partial charge >= 0.3 is 5.97 Å². The van der Waals surface area contributed by atoms with Crippen LogP contribution in [0.5, 0.6) is 0 Å². The summed E-state index contributed by atoms with van der Waals surface area (Å²) in [7, 11) is 0. The predicted molar refractivity (Wildman–Crippen MR) is 94.6 cm³/mol. The van der Waals surface area contributed by atoms with E-state index < -0.39 is 11.5 Å². The minimum absolute atomic E-state index is 0.210. The molecule has 132 valence electrons. The molecule has 25 heavy (non-hydrogen) atoms. The Morgan fingerprint density at radius 1 is 1.00 bits per heavy atom. The first-order chi connectivity index (χ1) is 12.1. The molecule has 3 heteroatoms. The van der Waals surface area contributed by atoms with Crippen LogP contribution in [0.15, 0.2) is 42.5 Å². The summed E-state index contributed by atoms with van der Waals surface area (Å²) in [5.74, 6) is 1.50. The van der Waals surface area contributed by atoms with Crippen LogP contribution in [0, 0.1) is 23.7 Å². The van der Waals surface area contributed by atoms with E-state index in [1.807, 2.05) is 36.4 Å². The third kappa shape index (κ3) is 2.47. The van der Waals surface area contributed by atoms with E-state index in [2.05, 4.69) is 0 Å². The molecule has 5 aliphatic rings. The zero-order valence-electron chi connectivity index (χ0n) is 14.6. The van der Waals surface area contributed by atoms with Gasteiger partial charge in [-0.15, -0.1) is 0 Å². The third-order valence-electron chi connectivity index (χ3n) is 7.09. The third-order valence-corrected chi connectivity index (χ3v) is 7.09. The molecule has 2 atom stereocenters. The number of carbonyl (C=O) groups excluding carboxylic acids is 1. The highest BCUT2D eigenvalue weighted by Gasteiger charge is 2.55. The quantitative estimate of drug-likeness (QED) is 0.670. The standard InChI is InChI=1S/C22H26O3/c23-20(19-7-4-8-22(19,24)18-5-2-1-3-6-18)25-21-12-15-9-16(13-21)11-17(10-15)14-21/h1-6,8,15-17,19,24H,7,9-14H2/t15?,16?,17?,19-,21?,22+/m1/s1. The van der Waals surface area contributed by atoms with Gasteiger partial charge in [0.05, 0.1) is 5.92 Å². The van der Waals surface area contributed by atoms with E-state index in [9.17, 15) is 9.90 Å². The molecule has 1 aromatic rings. The zero-order valence-corrected chi connectivity index (χ0v) is 14.6. The molecule has 1 aromatic carbocycles. The topological polar surface area (TPSA) is 46.5 Å². The number of ether oxygens (including phenoxy) is 1. The van der Waals surface area contributed by atoms with E-state index in [0.29, 0.717) is 6.42 Å². The molecule has 0 saturated heterocycles. The Morgan fingerprint density at radius 3 is 2.20 bits per heavy atom. The second-order valence-corrected chi connectivity index (χ2v) is 8.90. The number of rotatable bonds is 3. The lowest BCUT2D eigenvalue weighted by molar-refractivity contribution is -0.196. The zero-order chi connectivity index (χ0) is 17.1. The van der Waals surface area contributed by atoms with Crippen LogP contribution in [0.25, 0.3) is 0 Å². The fourth-order valence-electron chi connectivity index (χ4n) is 6.40. The van der Waals surface area contributed by atoms with Crippen molar-refractivity contribution in [3.8, 4) is 0 Å². The van der Waals surface area contributed by atoms with Gasteiger partial charge in [0, 0.05) is 0 Å². The van der Waals surface area contributed by atoms with E-state index >= 15 is 0 Å². The molecule has 0 radical (unpaired) electrons. The molecule has 1 N–H and O–H groups in total. The fraction of sp³-hybridized carbons (Fsp3) is 0.591. The summed E-state index contributed by atoms with van der Waals surface area (Å²) in [6.07, 6.45) is 11.3. The maximum absolute atomic E-state index is 13.1. The van der Waals surface area contributed by atoms with Crippen molar-refractivity contribution in [2.75, 3.05) is 0 Å². The Labute approximate surface area is 149 Å². The van der Waals surface area contributed by atoms with Gasteiger partial charge in [0.1, 0.15) is 11.2 Å².